The molecule has 4 nitrogen and oxygen atoms in total. The number of aryl methyl sites for hydroxylation is 1. The second-order valence-corrected chi connectivity index (χ2v) is 7.57. The first-order valence-electron chi connectivity index (χ1n) is 8.26. The molecule has 5 heteroatoms. The monoisotopic (exact) mass is 309 g/mol. The van der Waals surface area contributed by atoms with E-state index in [9.17, 15) is 5.11 Å². The van der Waals surface area contributed by atoms with Crippen LogP contribution in [0, 0.1) is 12.8 Å². The van der Waals surface area contributed by atoms with E-state index in [4.69, 9.17) is 0 Å². The summed E-state index contributed by atoms with van der Waals surface area (Å²) >= 11 is 1.66. The largest absolute Gasteiger partial charge is 0.388 e. The zero-order chi connectivity index (χ0) is 14.8. The van der Waals surface area contributed by atoms with Crippen LogP contribution in [0.4, 0.5) is 5.13 Å². The molecule has 1 unspecified atom stereocenters. The van der Waals surface area contributed by atoms with Crippen LogP contribution in [-0.4, -0.2) is 47.7 Å². The summed E-state index contributed by atoms with van der Waals surface area (Å²) < 4.78 is 0. The van der Waals surface area contributed by atoms with Crippen LogP contribution in [0.5, 0.6) is 0 Å². The van der Waals surface area contributed by atoms with Gasteiger partial charge in [-0.05, 0) is 58.5 Å². The number of thiazole rings is 1. The van der Waals surface area contributed by atoms with Crippen LogP contribution >= 0.6 is 11.3 Å². The summed E-state index contributed by atoms with van der Waals surface area (Å²) in [6.45, 7) is 9.97. The van der Waals surface area contributed by atoms with Gasteiger partial charge in [-0.1, -0.05) is 11.3 Å². The maximum Gasteiger partial charge on any atom is 0.185 e. The Morgan fingerprint density at radius 2 is 1.90 bits per heavy atom. The van der Waals surface area contributed by atoms with Gasteiger partial charge in [-0.25, -0.2) is 4.98 Å². The smallest absolute Gasteiger partial charge is 0.185 e. The van der Waals surface area contributed by atoms with Crippen LogP contribution in [0.25, 0.3) is 0 Å². The Morgan fingerprint density at radius 3 is 2.48 bits per heavy atom. The predicted octanol–water partition coefficient (Wildman–Crippen LogP) is 2.82. The average molecular weight is 309 g/mol. The van der Waals surface area contributed by atoms with Crippen molar-refractivity contribution in [1.82, 2.24) is 9.88 Å². The summed E-state index contributed by atoms with van der Waals surface area (Å²) in [5.74, 6) is 0.858. The standard InChI is InChI=1S/C16H27N3OS/c1-12-15(13(2)20)21-16(17-12)19-9-5-14(6-10-19)11-18-7-3-4-8-18/h13-14,20H,3-11H2,1-2H3. The van der Waals surface area contributed by atoms with E-state index >= 15 is 0 Å². The number of hydrogen-bond donors (Lipinski definition) is 1. The fourth-order valence-corrected chi connectivity index (χ4v) is 4.61. The zero-order valence-electron chi connectivity index (χ0n) is 13.2. The van der Waals surface area contributed by atoms with E-state index in [-0.39, 0.29) is 0 Å². The predicted molar refractivity (Wildman–Crippen MR) is 88.1 cm³/mol. The molecule has 0 saturated carbocycles. The summed E-state index contributed by atoms with van der Waals surface area (Å²) in [6.07, 6.45) is 4.93. The van der Waals surface area contributed by atoms with Gasteiger partial charge in [0.05, 0.1) is 16.7 Å². The summed E-state index contributed by atoms with van der Waals surface area (Å²) in [6, 6.07) is 0. The van der Waals surface area contributed by atoms with Crippen molar-refractivity contribution in [1.29, 1.82) is 0 Å². The lowest BCUT2D eigenvalue weighted by Crippen LogP contribution is -2.38. The molecule has 3 rings (SSSR count). The Bertz CT molecular complexity index is 460. The molecule has 118 valence electrons. The molecule has 0 aromatic carbocycles. The molecule has 1 N–H and O–H groups in total. The van der Waals surface area contributed by atoms with Crippen molar-refractivity contribution in [2.45, 2.75) is 45.6 Å². The minimum atomic E-state index is -0.399. The van der Waals surface area contributed by atoms with Gasteiger partial charge in [-0.15, -0.1) is 0 Å². The van der Waals surface area contributed by atoms with Gasteiger partial charge in [0.2, 0.25) is 0 Å². The van der Waals surface area contributed by atoms with E-state index in [1.165, 1.54) is 45.3 Å². The Kier molecular flexibility index (Phi) is 4.82. The Labute approximate surface area is 131 Å². The molecular formula is C16H27N3OS. The van der Waals surface area contributed by atoms with Crippen LogP contribution in [0.1, 0.15) is 49.3 Å². The summed E-state index contributed by atoms with van der Waals surface area (Å²) in [5.41, 5.74) is 0.990. The zero-order valence-corrected chi connectivity index (χ0v) is 14.0. The molecule has 2 aliphatic heterocycles. The maximum atomic E-state index is 9.76. The molecule has 1 aromatic heterocycles. The highest BCUT2D eigenvalue weighted by Gasteiger charge is 2.25. The normalized spacial score (nSPS) is 22.9. The number of likely N-dealkylation sites (tertiary alicyclic amines) is 1. The van der Waals surface area contributed by atoms with Gasteiger partial charge in [-0.2, -0.15) is 0 Å². The van der Waals surface area contributed by atoms with Crippen LogP contribution < -0.4 is 4.90 Å². The van der Waals surface area contributed by atoms with Gasteiger partial charge >= 0.3 is 0 Å². The molecule has 21 heavy (non-hydrogen) atoms. The van der Waals surface area contributed by atoms with Crippen molar-refractivity contribution >= 4 is 16.5 Å². The first-order chi connectivity index (χ1) is 10.1. The fourth-order valence-electron chi connectivity index (χ4n) is 3.55. The van der Waals surface area contributed by atoms with Crippen molar-refractivity contribution < 1.29 is 5.11 Å². The molecule has 1 atom stereocenters. The Hall–Kier alpha value is -0.650. The number of nitrogens with zero attached hydrogens (tertiary/aromatic N) is 3. The third kappa shape index (κ3) is 3.58. The first-order valence-corrected chi connectivity index (χ1v) is 9.08. The van der Waals surface area contributed by atoms with Gasteiger partial charge in [-0.3, -0.25) is 0 Å². The average Bonchev–Trinajstić information content (AvgIpc) is 3.09. The summed E-state index contributed by atoms with van der Waals surface area (Å²) in [7, 11) is 0. The number of rotatable bonds is 4. The Morgan fingerprint density at radius 1 is 1.24 bits per heavy atom. The van der Waals surface area contributed by atoms with Crippen molar-refractivity contribution in [2.75, 3.05) is 37.6 Å². The molecule has 0 bridgehead atoms. The van der Waals surface area contributed by atoms with E-state index in [2.05, 4.69) is 14.8 Å². The van der Waals surface area contributed by atoms with Gasteiger partial charge in [0.1, 0.15) is 0 Å². The Balaban J connectivity index is 1.54. The van der Waals surface area contributed by atoms with E-state index < -0.39 is 6.10 Å². The van der Waals surface area contributed by atoms with Crippen LogP contribution in [-0.2, 0) is 0 Å². The third-order valence-corrected chi connectivity index (χ3v) is 6.19. The SMILES string of the molecule is Cc1nc(N2CCC(CN3CCCC3)CC2)sc1C(C)O. The number of aromatic nitrogens is 1. The fraction of sp³-hybridized carbons (Fsp3) is 0.812. The lowest BCUT2D eigenvalue weighted by atomic mass is 9.96. The topological polar surface area (TPSA) is 39.6 Å². The van der Waals surface area contributed by atoms with Crippen LogP contribution in [0.2, 0.25) is 0 Å². The molecule has 2 saturated heterocycles. The van der Waals surface area contributed by atoms with E-state index in [0.717, 1.165) is 34.7 Å². The highest BCUT2D eigenvalue weighted by atomic mass is 32.1. The van der Waals surface area contributed by atoms with Crippen LogP contribution in [0.15, 0.2) is 0 Å². The van der Waals surface area contributed by atoms with Crippen molar-refractivity contribution in [3.8, 4) is 0 Å². The van der Waals surface area contributed by atoms with Gasteiger partial charge in [0.15, 0.2) is 5.13 Å². The maximum absolute atomic E-state index is 9.76. The van der Waals surface area contributed by atoms with Gasteiger partial charge < -0.3 is 14.9 Å². The van der Waals surface area contributed by atoms with E-state index in [1.807, 2.05) is 13.8 Å². The summed E-state index contributed by atoms with van der Waals surface area (Å²) in [5, 5.41) is 10.9. The van der Waals surface area contributed by atoms with Crippen LogP contribution in [0.3, 0.4) is 0 Å². The number of anilines is 1. The molecule has 0 spiro atoms. The molecule has 2 aliphatic rings. The van der Waals surface area contributed by atoms with E-state index in [0.29, 0.717) is 0 Å². The number of piperidine rings is 1. The molecule has 3 heterocycles. The first kappa shape index (κ1) is 15.3. The molecular weight excluding hydrogens is 282 g/mol. The highest BCUT2D eigenvalue weighted by Crippen LogP contribution is 2.33. The molecule has 1 aromatic rings. The minimum Gasteiger partial charge on any atom is -0.388 e. The minimum absolute atomic E-state index is 0.399. The molecule has 0 aliphatic carbocycles. The summed E-state index contributed by atoms with van der Waals surface area (Å²) in [4.78, 5) is 10.7. The second-order valence-electron chi connectivity index (χ2n) is 6.56. The van der Waals surface area contributed by atoms with Crippen molar-refractivity contribution in [3.05, 3.63) is 10.6 Å². The number of aliphatic hydroxyl groups excluding tert-OH is 1. The van der Waals surface area contributed by atoms with E-state index in [1.54, 1.807) is 11.3 Å². The quantitative estimate of drug-likeness (QED) is 0.928. The molecule has 2 fully saturated rings. The number of hydrogen-bond acceptors (Lipinski definition) is 5. The van der Waals surface area contributed by atoms with Crippen molar-refractivity contribution in [3.63, 3.8) is 0 Å². The molecule has 0 amide bonds. The second kappa shape index (κ2) is 6.63. The highest BCUT2D eigenvalue weighted by molar-refractivity contribution is 7.15. The van der Waals surface area contributed by atoms with Gasteiger partial charge in [0.25, 0.3) is 0 Å². The third-order valence-electron chi connectivity index (χ3n) is 4.80. The molecule has 0 radical (unpaired) electrons. The van der Waals surface area contributed by atoms with Crippen molar-refractivity contribution in [2.24, 2.45) is 5.92 Å². The lowest BCUT2D eigenvalue weighted by Gasteiger charge is -2.33. The lowest BCUT2D eigenvalue weighted by molar-refractivity contribution is 0.202. The number of aliphatic hydroxyl groups is 1. The van der Waals surface area contributed by atoms with Gasteiger partial charge in [0, 0.05) is 19.6 Å².